The number of nitrogens with two attached hydrogens (primary N) is 1. The van der Waals surface area contributed by atoms with Crippen molar-refractivity contribution in [3.63, 3.8) is 0 Å². The monoisotopic (exact) mass is 199 g/mol. The molecule has 2 atom stereocenters. The van der Waals surface area contributed by atoms with E-state index in [0.29, 0.717) is 0 Å². The molecule has 4 nitrogen and oxygen atoms in total. The molecule has 0 aromatic rings. The zero-order valence-corrected chi connectivity index (χ0v) is 8.78. The first-order valence-corrected chi connectivity index (χ1v) is 4.50. The van der Waals surface area contributed by atoms with E-state index in [1.165, 1.54) is 19.9 Å². The van der Waals surface area contributed by atoms with Crippen molar-refractivity contribution in [3.8, 4) is 0 Å². The van der Waals surface area contributed by atoms with E-state index < -0.39 is 6.04 Å². The topological polar surface area (TPSA) is 80.4 Å². The van der Waals surface area contributed by atoms with Gasteiger partial charge in [0.15, 0.2) is 5.78 Å². The quantitative estimate of drug-likeness (QED) is 0.646. The Morgan fingerprint density at radius 2 is 1.86 bits per heavy atom. The maximum Gasteiger partial charge on any atom is 0.150 e. The summed E-state index contributed by atoms with van der Waals surface area (Å²) in [6.07, 6.45) is 1.51. The van der Waals surface area contributed by atoms with Crippen LogP contribution in [0.4, 0.5) is 0 Å². The van der Waals surface area contributed by atoms with Gasteiger partial charge in [0.25, 0.3) is 0 Å². The SMILES string of the molecule is CC(=O)C(N)/C=C(/O)CC(C)C(C)=O. The summed E-state index contributed by atoms with van der Waals surface area (Å²) in [5, 5.41) is 9.36. The highest BCUT2D eigenvalue weighted by molar-refractivity contribution is 5.83. The summed E-state index contributed by atoms with van der Waals surface area (Å²) in [6, 6.07) is -0.783. The first-order valence-electron chi connectivity index (χ1n) is 4.50. The fourth-order valence-electron chi connectivity index (χ4n) is 0.850. The number of rotatable bonds is 5. The molecule has 4 heteroatoms. The molecule has 0 amide bonds. The molecule has 80 valence electrons. The number of ketones is 2. The standard InChI is InChI=1S/C10H17NO3/c1-6(7(2)12)4-9(14)5-10(11)8(3)13/h5-6,10,14H,4,11H2,1-3H3/b9-5+. The van der Waals surface area contributed by atoms with E-state index in [1.807, 2.05) is 0 Å². The van der Waals surface area contributed by atoms with Crippen LogP contribution >= 0.6 is 0 Å². The summed E-state index contributed by atoms with van der Waals surface area (Å²) < 4.78 is 0. The first-order chi connectivity index (χ1) is 6.34. The lowest BCUT2D eigenvalue weighted by atomic mass is 10.0. The largest absolute Gasteiger partial charge is 0.513 e. The van der Waals surface area contributed by atoms with E-state index in [4.69, 9.17) is 5.73 Å². The molecular weight excluding hydrogens is 182 g/mol. The molecule has 0 rings (SSSR count). The van der Waals surface area contributed by atoms with E-state index in [1.54, 1.807) is 6.92 Å². The molecule has 2 unspecified atom stereocenters. The zero-order chi connectivity index (χ0) is 11.3. The van der Waals surface area contributed by atoms with Crippen molar-refractivity contribution in [1.29, 1.82) is 0 Å². The number of aliphatic hydroxyl groups is 1. The molecule has 0 aliphatic carbocycles. The lowest BCUT2D eigenvalue weighted by molar-refractivity contribution is -0.120. The Hall–Kier alpha value is -1.16. The van der Waals surface area contributed by atoms with Gasteiger partial charge in [0.05, 0.1) is 11.8 Å². The van der Waals surface area contributed by atoms with Gasteiger partial charge >= 0.3 is 0 Å². The molecule has 0 heterocycles. The number of carbonyl (C=O) groups is 2. The van der Waals surface area contributed by atoms with Crippen LogP contribution < -0.4 is 5.73 Å². The maximum atomic E-state index is 10.9. The van der Waals surface area contributed by atoms with Crippen LogP contribution in [0.25, 0.3) is 0 Å². The summed E-state index contributed by atoms with van der Waals surface area (Å²) in [7, 11) is 0. The second-order valence-corrected chi connectivity index (χ2v) is 3.51. The summed E-state index contributed by atoms with van der Waals surface area (Å²) in [4.78, 5) is 21.6. The lowest BCUT2D eigenvalue weighted by Gasteiger charge is -2.08. The van der Waals surface area contributed by atoms with Gasteiger partial charge in [-0.1, -0.05) is 6.92 Å². The second-order valence-electron chi connectivity index (χ2n) is 3.51. The summed E-state index contributed by atoms with van der Waals surface area (Å²) in [5.74, 6) is -0.464. The highest BCUT2D eigenvalue weighted by Gasteiger charge is 2.12. The molecule has 3 N–H and O–H groups in total. The molecule has 0 aliphatic heterocycles. The third kappa shape index (κ3) is 4.77. The Balaban J connectivity index is 4.26. The molecule has 0 saturated carbocycles. The van der Waals surface area contributed by atoms with E-state index in [9.17, 15) is 14.7 Å². The minimum atomic E-state index is -0.783. The summed E-state index contributed by atoms with van der Waals surface area (Å²) in [6.45, 7) is 4.53. The zero-order valence-electron chi connectivity index (χ0n) is 8.78. The Labute approximate surface area is 83.8 Å². The third-order valence-corrected chi connectivity index (χ3v) is 2.05. The molecule has 0 radical (unpaired) electrons. The van der Waals surface area contributed by atoms with Gasteiger partial charge < -0.3 is 10.8 Å². The number of allylic oxidation sites excluding steroid dienone is 1. The highest BCUT2D eigenvalue weighted by atomic mass is 16.3. The lowest BCUT2D eigenvalue weighted by Crippen LogP contribution is -2.26. The van der Waals surface area contributed by atoms with Gasteiger partial charge in [-0.3, -0.25) is 9.59 Å². The molecule has 14 heavy (non-hydrogen) atoms. The van der Waals surface area contributed by atoms with Crippen molar-refractivity contribution in [2.24, 2.45) is 11.7 Å². The highest BCUT2D eigenvalue weighted by Crippen LogP contribution is 2.10. The number of hydrogen-bond donors (Lipinski definition) is 2. The Morgan fingerprint density at radius 3 is 2.21 bits per heavy atom. The molecular formula is C10H17NO3. The normalized spacial score (nSPS) is 16.1. The molecule has 0 bridgehead atoms. The van der Waals surface area contributed by atoms with Crippen LogP contribution in [0.15, 0.2) is 11.8 Å². The van der Waals surface area contributed by atoms with E-state index in [2.05, 4.69) is 0 Å². The average molecular weight is 199 g/mol. The molecule has 0 saturated heterocycles. The van der Waals surface area contributed by atoms with Crippen LogP contribution in [0.3, 0.4) is 0 Å². The molecule has 0 fully saturated rings. The van der Waals surface area contributed by atoms with Gasteiger partial charge in [0.2, 0.25) is 0 Å². The molecule has 0 aliphatic rings. The summed E-state index contributed by atoms with van der Waals surface area (Å²) >= 11 is 0. The van der Waals surface area contributed by atoms with Crippen molar-refractivity contribution in [1.82, 2.24) is 0 Å². The number of hydrogen-bond acceptors (Lipinski definition) is 4. The minimum Gasteiger partial charge on any atom is -0.513 e. The molecule has 0 aromatic heterocycles. The summed E-state index contributed by atoms with van der Waals surface area (Å²) in [5.41, 5.74) is 5.40. The fraction of sp³-hybridized carbons (Fsp3) is 0.600. The third-order valence-electron chi connectivity index (χ3n) is 2.05. The van der Waals surface area contributed by atoms with Gasteiger partial charge in [-0.25, -0.2) is 0 Å². The predicted molar refractivity (Wildman–Crippen MR) is 53.8 cm³/mol. The number of carbonyl (C=O) groups excluding carboxylic acids is 2. The van der Waals surface area contributed by atoms with Crippen molar-refractivity contribution >= 4 is 11.6 Å². The van der Waals surface area contributed by atoms with Gasteiger partial charge in [0, 0.05) is 12.3 Å². The van der Waals surface area contributed by atoms with Gasteiger partial charge in [0.1, 0.15) is 5.78 Å². The van der Waals surface area contributed by atoms with Gasteiger partial charge in [-0.15, -0.1) is 0 Å². The van der Waals surface area contributed by atoms with Gasteiger partial charge in [-0.2, -0.15) is 0 Å². The Morgan fingerprint density at radius 1 is 1.36 bits per heavy atom. The van der Waals surface area contributed by atoms with Crippen LogP contribution in [0, 0.1) is 5.92 Å². The Bertz CT molecular complexity index is 258. The van der Waals surface area contributed by atoms with Crippen LogP contribution in [0.1, 0.15) is 27.2 Å². The average Bonchev–Trinajstić information content (AvgIpc) is 2.03. The molecule has 0 spiro atoms. The minimum absolute atomic E-state index is 0.00125. The van der Waals surface area contributed by atoms with Crippen LogP contribution in [0.2, 0.25) is 0 Å². The van der Waals surface area contributed by atoms with Crippen LogP contribution in [-0.4, -0.2) is 22.7 Å². The number of Topliss-reactive ketones (excluding diaryl/α,β-unsaturated/α-hetero) is 2. The number of aliphatic hydroxyl groups excluding tert-OH is 1. The fourth-order valence-corrected chi connectivity index (χ4v) is 0.850. The van der Waals surface area contributed by atoms with Crippen molar-refractivity contribution < 1.29 is 14.7 Å². The van der Waals surface area contributed by atoms with Crippen LogP contribution in [0.5, 0.6) is 0 Å². The van der Waals surface area contributed by atoms with E-state index in [-0.39, 0.29) is 29.7 Å². The van der Waals surface area contributed by atoms with Gasteiger partial charge in [-0.05, 0) is 19.9 Å². The van der Waals surface area contributed by atoms with Crippen molar-refractivity contribution in [3.05, 3.63) is 11.8 Å². The smallest absolute Gasteiger partial charge is 0.150 e. The second kappa shape index (κ2) is 5.54. The van der Waals surface area contributed by atoms with E-state index >= 15 is 0 Å². The maximum absolute atomic E-state index is 10.9. The predicted octanol–water partition coefficient (Wildman–Crippen LogP) is 0.960. The van der Waals surface area contributed by atoms with Crippen LogP contribution in [-0.2, 0) is 9.59 Å². The Kier molecular flexibility index (Phi) is 5.09. The van der Waals surface area contributed by atoms with E-state index in [0.717, 1.165) is 0 Å². The first kappa shape index (κ1) is 12.8. The van der Waals surface area contributed by atoms with Crippen molar-refractivity contribution in [2.75, 3.05) is 0 Å². The van der Waals surface area contributed by atoms with Crippen molar-refractivity contribution in [2.45, 2.75) is 33.2 Å². The molecule has 0 aromatic carbocycles.